The number of hydrogen-bond acceptors (Lipinski definition) is 6. The highest BCUT2D eigenvalue weighted by molar-refractivity contribution is 7.73. The van der Waals surface area contributed by atoms with Crippen molar-refractivity contribution in [3.63, 3.8) is 0 Å². The van der Waals surface area contributed by atoms with E-state index < -0.39 is 12.0 Å². The van der Waals surface area contributed by atoms with Crippen molar-refractivity contribution in [2.45, 2.75) is 19.4 Å². The number of fused-ring (bicyclic) bond motifs is 1. The molecule has 0 fully saturated rings. The number of carbonyl (C=O) groups is 1. The van der Waals surface area contributed by atoms with Gasteiger partial charge in [0.05, 0.1) is 15.6 Å². The number of hydrogen-bond donors (Lipinski definition) is 2. The van der Waals surface area contributed by atoms with Gasteiger partial charge in [-0.05, 0) is 30.8 Å². The summed E-state index contributed by atoms with van der Waals surface area (Å²) in [4.78, 5) is 20.5. The number of aromatic nitrogens is 1. The van der Waals surface area contributed by atoms with Gasteiger partial charge in [-0.15, -0.1) is 11.3 Å². The van der Waals surface area contributed by atoms with E-state index in [4.69, 9.17) is 12.2 Å². The number of thiazole rings is 1. The number of benzene rings is 1. The molecular weight excluding hydrogens is 334 g/mol. The Labute approximate surface area is 140 Å². The maximum absolute atomic E-state index is 11.3. The molecule has 2 heterocycles. The first-order valence-corrected chi connectivity index (χ1v) is 8.15. The van der Waals surface area contributed by atoms with Crippen LogP contribution >= 0.6 is 23.6 Å². The van der Waals surface area contributed by atoms with E-state index in [1.165, 1.54) is 4.57 Å². The fraction of sp³-hybridized carbons (Fsp3) is 0.200. The van der Waals surface area contributed by atoms with E-state index >= 15 is 0 Å². The first-order chi connectivity index (χ1) is 11.0. The zero-order valence-electron chi connectivity index (χ0n) is 12.1. The molecule has 0 bridgehead atoms. The van der Waals surface area contributed by atoms with Gasteiger partial charge in [0.25, 0.3) is 0 Å². The van der Waals surface area contributed by atoms with Crippen molar-refractivity contribution in [1.29, 1.82) is 0 Å². The first kappa shape index (κ1) is 15.6. The van der Waals surface area contributed by atoms with Crippen molar-refractivity contribution in [1.82, 2.24) is 4.57 Å². The van der Waals surface area contributed by atoms with Crippen LogP contribution in [-0.4, -0.2) is 20.7 Å². The Morgan fingerprint density at radius 2 is 2.00 bits per heavy atom. The molecule has 0 amide bonds. The third-order valence-corrected chi connectivity index (χ3v) is 4.78. The third kappa shape index (κ3) is 2.82. The molecule has 0 radical (unpaired) electrons. The van der Waals surface area contributed by atoms with Crippen LogP contribution in [-0.2, 0) is 4.79 Å². The second kappa shape index (κ2) is 6.05. The molecule has 118 valence electrons. The Morgan fingerprint density at radius 1 is 1.39 bits per heavy atom. The van der Waals surface area contributed by atoms with Crippen LogP contribution in [0.5, 0.6) is 5.88 Å². The zero-order chi connectivity index (χ0) is 16.6. The van der Waals surface area contributed by atoms with E-state index in [9.17, 15) is 15.0 Å². The summed E-state index contributed by atoms with van der Waals surface area (Å²) < 4.78 is 1.57. The smallest absolute Gasteiger partial charge is 0.326 e. The first-order valence-electron chi connectivity index (χ1n) is 6.92. The second-order valence-electron chi connectivity index (χ2n) is 4.90. The fourth-order valence-electron chi connectivity index (χ4n) is 2.34. The molecule has 2 aromatic rings. The lowest BCUT2D eigenvalue weighted by molar-refractivity contribution is -0.141. The second-order valence-corrected chi connectivity index (χ2v) is 6.58. The van der Waals surface area contributed by atoms with Gasteiger partial charge in [-0.3, -0.25) is 4.57 Å². The van der Waals surface area contributed by atoms with Crippen molar-refractivity contribution in [3.8, 4) is 5.88 Å². The molecule has 1 aromatic carbocycles. The molecule has 6 nitrogen and oxygen atoms in total. The van der Waals surface area contributed by atoms with E-state index in [1.54, 1.807) is 13.0 Å². The number of carboxylic acid groups (broad SMARTS) is 1. The number of rotatable bonds is 4. The Bertz CT molecular complexity index is 951. The van der Waals surface area contributed by atoms with Crippen LogP contribution < -0.4 is 10.7 Å². The number of aliphatic carboxylic acids is 1. The molecule has 8 heteroatoms. The van der Waals surface area contributed by atoms with Crippen molar-refractivity contribution in [2.24, 2.45) is 9.98 Å². The molecule has 0 saturated heterocycles. The molecule has 1 unspecified atom stereocenters. The Hall–Kier alpha value is -2.32. The van der Waals surface area contributed by atoms with Crippen molar-refractivity contribution >= 4 is 35.6 Å². The van der Waals surface area contributed by atoms with E-state index in [1.807, 2.05) is 24.3 Å². The minimum absolute atomic E-state index is 0.164. The van der Waals surface area contributed by atoms with E-state index in [0.717, 1.165) is 22.1 Å². The molecule has 0 saturated carbocycles. The van der Waals surface area contributed by atoms with E-state index in [2.05, 4.69) is 9.98 Å². The highest BCUT2D eigenvalue weighted by atomic mass is 32.1. The molecule has 1 atom stereocenters. The lowest BCUT2D eigenvalue weighted by Crippen LogP contribution is -2.19. The molecule has 23 heavy (non-hydrogen) atoms. The molecular formula is C15H13N3O3S2. The lowest BCUT2D eigenvalue weighted by atomic mass is 10.2. The molecule has 3 rings (SSSR count). The highest BCUT2D eigenvalue weighted by Gasteiger charge is 2.23. The Balaban J connectivity index is 2.07. The van der Waals surface area contributed by atoms with Crippen LogP contribution in [0.15, 0.2) is 40.1 Å². The van der Waals surface area contributed by atoms with Crippen LogP contribution in [0.25, 0.3) is 6.08 Å². The molecule has 2 N–H and O–H groups in total. The highest BCUT2D eigenvalue weighted by Crippen LogP contribution is 2.33. The van der Waals surface area contributed by atoms with Crippen molar-refractivity contribution < 1.29 is 15.0 Å². The average molecular weight is 347 g/mol. The summed E-state index contributed by atoms with van der Waals surface area (Å²) in [6.07, 6.45) is 1.94. The number of aromatic hydroxyl groups is 1. The quantitative estimate of drug-likeness (QED) is 0.831. The summed E-state index contributed by atoms with van der Waals surface area (Å²) in [6.45, 7) is 1.73. The van der Waals surface area contributed by atoms with Gasteiger partial charge in [-0.25, -0.2) is 14.8 Å². The molecule has 0 aliphatic carbocycles. The van der Waals surface area contributed by atoms with Gasteiger partial charge < -0.3 is 10.2 Å². The molecule has 0 spiro atoms. The largest absolute Gasteiger partial charge is 0.493 e. The maximum atomic E-state index is 11.3. The molecule has 1 aromatic heterocycles. The van der Waals surface area contributed by atoms with Gasteiger partial charge in [0.1, 0.15) is 6.04 Å². The van der Waals surface area contributed by atoms with E-state index in [-0.39, 0.29) is 5.88 Å². The van der Waals surface area contributed by atoms with Crippen LogP contribution in [0.3, 0.4) is 0 Å². The standard InChI is InChI=1S/C15H13N3O3S2/c1-2-10(14(20)21)18-13(19)11(23-15(18)22)7-12-16-8-5-3-4-6-9(8)17-12/h3-7,10,19H,2H2,1H3,(H,20,21). The summed E-state index contributed by atoms with van der Waals surface area (Å²) in [5.74, 6) is -0.741. The topological polar surface area (TPSA) is 87.2 Å². The van der Waals surface area contributed by atoms with E-state index in [0.29, 0.717) is 21.1 Å². The van der Waals surface area contributed by atoms with Gasteiger partial charge in [-0.1, -0.05) is 19.1 Å². The maximum Gasteiger partial charge on any atom is 0.326 e. The SMILES string of the molecule is CCC(C(=O)O)n1c(O)c(C=C2N=c3ccccc3=N2)sc1=S. The normalized spacial score (nSPS) is 13.9. The minimum atomic E-state index is -1.03. The predicted molar refractivity (Wildman–Crippen MR) is 88.5 cm³/mol. The summed E-state index contributed by atoms with van der Waals surface area (Å²) in [6, 6.07) is 6.56. The minimum Gasteiger partial charge on any atom is -0.493 e. The summed E-state index contributed by atoms with van der Waals surface area (Å²) in [7, 11) is 0. The van der Waals surface area contributed by atoms with Crippen molar-refractivity contribution in [3.05, 3.63) is 49.6 Å². The summed E-state index contributed by atoms with van der Waals surface area (Å²) in [5, 5.41) is 21.1. The van der Waals surface area contributed by atoms with Crippen LogP contribution in [0.1, 0.15) is 24.3 Å². The number of carboxylic acids is 1. The van der Waals surface area contributed by atoms with Gasteiger partial charge in [0.2, 0.25) is 5.88 Å². The van der Waals surface area contributed by atoms with Gasteiger partial charge in [-0.2, -0.15) is 0 Å². The number of nitrogens with zero attached hydrogens (tertiary/aromatic N) is 3. The molecule has 1 aliphatic rings. The monoisotopic (exact) mass is 347 g/mol. The summed E-state index contributed by atoms with van der Waals surface area (Å²) >= 11 is 6.34. The molecule has 1 aliphatic heterocycles. The fourth-order valence-corrected chi connectivity index (χ4v) is 3.67. The third-order valence-electron chi connectivity index (χ3n) is 3.44. The van der Waals surface area contributed by atoms with Crippen molar-refractivity contribution in [2.75, 3.05) is 0 Å². The average Bonchev–Trinajstić information content (AvgIpc) is 3.03. The van der Waals surface area contributed by atoms with Crippen LogP contribution in [0.4, 0.5) is 0 Å². The number of para-hydroxylation sites is 2. The predicted octanol–water partition coefficient (Wildman–Crippen LogP) is 2.27. The lowest BCUT2D eigenvalue weighted by Gasteiger charge is -2.12. The Morgan fingerprint density at radius 3 is 2.52 bits per heavy atom. The van der Waals surface area contributed by atoms with Gasteiger partial charge in [0.15, 0.2) is 9.78 Å². The van der Waals surface area contributed by atoms with Gasteiger partial charge >= 0.3 is 5.97 Å². The van der Waals surface area contributed by atoms with Crippen LogP contribution in [0, 0.1) is 3.95 Å². The zero-order valence-corrected chi connectivity index (χ0v) is 13.8. The Kier molecular flexibility index (Phi) is 4.10. The summed E-state index contributed by atoms with van der Waals surface area (Å²) in [5.41, 5.74) is 0. The van der Waals surface area contributed by atoms with Crippen LogP contribution in [0.2, 0.25) is 0 Å². The van der Waals surface area contributed by atoms with Gasteiger partial charge in [0, 0.05) is 6.08 Å².